The standard InChI is InChI=1S/C15H25N3/c1-2-13-11-17-9-8-14(13)15(18-16)10-12-6-4-3-5-7-12/h8-9,11-12,15,18H,2-7,10,16H2,1H3. The van der Waals surface area contributed by atoms with Gasteiger partial charge in [-0.05, 0) is 36.0 Å². The Morgan fingerprint density at radius 2 is 2.17 bits per heavy atom. The molecule has 1 unspecified atom stereocenters. The number of nitrogens with one attached hydrogen (secondary N) is 1. The fraction of sp³-hybridized carbons (Fsp3) is 0.667. The molecule has 100 valence electrons. The predicted octanol–water partition coefficient (Wildman–Crippen LogP) is 3.12. The van der Waals surface area contributed by atoms with Gasteiger partial charge in [0.25, 0.3) is 0 Å². The second-order valence-electron chi connectivity index (χ2n) is 5.39. The third kappa shape index (κ3) is 3.30. The molecule has 0 bridgehead atoms. The van der Waals surface area contributed by atoms with Crippen LogP contribution in [-0.4, -0.2) is 4.98 Å². The van der Waals surface area contributed by atoms with E-state index in [-0.39, 0.29) is 6.04 Å². The van der Waals surface area contributed by atoms with Crippen molar-refractivity contribution in [3.05, 3.63) is 29.6 Å². The number of hydrazine groups is 1. The Balaban J connectivity index is 2.07. The number of rotatable bonds is 5. The Kier molecular flexibility index (Phi) is 5.14. The zero-order chi connectivity index (χ0) is 12.8. The average Bonchev–Trinajstić information content (AvgIpc) is 2.46. The van der Waals surface area contributed by atoms with Crippen LogP contribution in [0.25, 0.3) is 0 Å². The lowest BCUT2D eigenvalue weighted by molar-refractivity contribution is 0.300. The van der Waals surface area contributed by atoms with Gasteiger partial charge < -0.3 is 0 Å². The average molecular weight is 247 g/mol. The van der Waals surface area contributed by atoms with Crippen molar-refractivity contribution >= 4 is 0 Å². The van der Waals surface area contributed by atoms with Crippen molar-refractivity contribution in [1.29, 1.82) is 0 Å². The summed E-state index contributed by atoms with van der Waals surface area (Å²) in [5.41, 5.74) is 5.66. The van der Waals surface area contributed by atoms with E-state index in [0.29, 0.717) is 0 Å². The van der Waals surface area contributed by atoms with Gasteiger partial charge in [-0.3, -0.25) is 16.3 Å². The van der Waals surface area contributed by atoms with Gasteiger partial charge in [-0.15, -0.1) is 0 Å². The molecule has 0 spiro atoms. The van der Waals surface area contributed by atoms with Crippen LogP contribution in [0, 0.1) is 5.92 Å². The summed E-state index contributed by atoms with van der Waals surface area (Å²) in [6.07, 6.45) is 12.9. The van der Waals surface area contributed by atoms with E-state index in [2.05, 4.69) is 23.4 Å². The first-order chi connectivity index (χ1) is 8.85. The van der Waals surface area contributed by atoms with Gasteiger partial charge >= 0.3 is 0 Å². The van der Waals surface area contributed by atoms with Gasteiger partial charge in [-0.2, -0.15) is 0 Å². The number of aryl methyl sites for hydroxylation is 1. The Bertz CT molecular complexity index is 359. The second-order valence-corrected chi connectivity index (χ2v) is 5.39. The fourth-order valence-corrected chi connectivity index (χ4v) is 3.11. The van der Waals surface area contributed by atoms with Crippen molar-refractivity contribution in [2.24, 2.45) is 11.8 Å². The van der Waals surface area contributed by atoms with Crippen molar-refractivity contribution in [3.8, 4) is 0 Å². The van der Waals surface area contributed by atoms with E-state index in [9.17, 15) is 0 Å². The quantitative estimate of drug-likeness (QED) is 0.621. The van der Waals surface area contributed by atoms with E-state index in [0.717, 1.165) is 18.8 Å². The fourth-order valence-electron chi connectivity index (χ4n) is 3.11. The minimum atomic E-state index is 0.283. The summed E-state index contributed by atoms with van der Waals surface area (Å²) in [5.74, 6) is 6.61. The van der Waals surface area contributed by atoms with E-state index in [4.69, 9.17) is 5.84 Å². The van der Waals surface area contributed by atoms with Crippen LogP contribution in [0.5, 0.6) is 0 Å². The number of hydrogen-bond acceptors (Lipinski definition) is 3. The van der Waals surface area contributed by atoms with Gasteiger partial charge in [0.1, 0.15) is 0 Å². The predicted molar refractivity (Wildman–Crippen MR) is 74.9 cm³/mol. The molecular formula is C15H25N3. The molecule has 1 aliphatic rings. The zero-order valence-electron chi connectivity index (χ0n) is 11.4. The molecule has 1 aliphatic carbocycles. The summed E-state index contributed by atoms with van der Waals surface area (Å²) in [6, 6.07) is 2.40. The normalized spacial score (nSPS) is 18.8. The number of hydrogen-bond donors (Lipinski definition) is 2. The van der Waals surface area contributed by atoms with Gasteiger partial charge in [0, 0.05) is 18.4 Å². The van der Waals surface area contributed by atoms with Crippen molar-refractivity contribution in [2.75, 3.05) is 0 Å². The van der Waals surface area contributed by atoms with Crippen LogP contribution in [-0.2, 0) is 6.42 Å². The second kappa shape index (κ2) is 6.86. The molecule has 0 amide bonds. The number of pyridine rings is 1. The first kappa shape index (κ1) is 13.5. The highest BCUT2D eigenvalue weighted by molar-refractivity contribution is 5.26. The number of nitrogens with zero attached hydrogens (tertiary/aromatic N) is 1. The van der Waals surface area contributed by atoms with Gasteiger partial charge in [0.2, 0.25) is 0 Å². The molecule has 0 aliphatic heterocycles. The third-order valence-electron chi connectivity index (χ3n) is 4.19. The number of aromatic nitrogens is 1. The topological polar surface area (TPSA) is 50.9 Å². The van der Waals surface area contributed by atoms with Crippen molar-refractivity contribution in [2.45, 2.75) is 57.9 Å². The molecule has 1 aromatic rings. The lowest BCUT2D eigenvalue weighted by atomic mass is 9.83. The first-order valence-electron chi connectivity index (χ1n) is 7.24. The molecule has 1 aromatic heterocycles. The molecule has 1 heterocycles. The van der Waals surface area contributed by atoms with Crippen molar-refractivity contribution in [3.63, 3.8) is 0 Å². The third-order valence-corrected chi connectivity index (χ3v) is 4.19. The summed E-state index contributed by atoms with van der Waals surface area (Å²) >= 11 is 0. The molecule has 3 nitrogen and oxygen atoms in total. The summed E-state index contributed by atoms with van der Waals surface area (Å²) in [4.78, 5) is 4.21. The SMILES string of the molecule is CCc1cnccc1C(CC1CCCCC1)NN. The Morgan fingerprint density at radius 1 is 1.39 bits per heavy atom. The van der Waals surface area contributed by atoms with E-state index in [1.54, 1.807) is 0 Å². The first-order valence-corrected chi connectivity index (χ1v) is 7.24. The zero-order valence-corrected chi connectivity index (χ0v) is 11.4. The summed E-state index contributed by atoms with van der Waals surface area (Å²) in [5, 5.41) is 0. The highest BCUT2D eigenvalue weighted by Crippen LogP contribution is 2.32. The van der Waals surface area contributed by atoms with Crippen molar-refractivity contribution < 1.29 is 0 Å². The largest absolute Gasteiger partial charge is 0.271 e. The van der Waals surface area contributed by atoms with E-state index in [1.165, 1.54) is 43.2 Å². The highest BCUT2D eigenvalue weighted by atomic mass is 15.2. The maximum atomic E-state index is 5.78. The maximum Gasteiger partial charge on any atom is 0.0466 e. The van der Waals surface area contributed by atoms with Crippen LogP contribution >= 0.6 is 0 Å². The molecule has 18 heavy (non-hydrogen) atoms. The van der Waals surface area contributed by atoms with Crippen LogP contribution in [0.1, 0.15) is 62.6 Å². The Hall–Kier alpha value is -0.930. The van der Waals surface area contributed by atoms with Gasteiger partial charge in [-0.1, -0.05) is 39.0 Å². The van der Waals surface area contributed by atoms with Crippen LogP contribution in [0.3, 0.4) is 0 Å². The number of nitrogens with two attached hydrogens (primary N) is 1. The van der Waals surface area contributed by atoms with Crippen LogP contribution < -0.4 is 11.3 Å². The van der Waals surface area contributed by atoms with E-state index >= 15 is 0 Å². The van der Waals surface area contributed by atoms with Gasteiger partial charge in [0.15, 0.2) is 0 Å². The van der Waals surface area contributed by atoms with Crippen molar-refractivity contribution in [1.82, 2.24) is 10.4 Å². The van der Waals surface area contributed by atoms with E-state index < -0.39 is 0 Å². The maximum absolute atomic E-state index is 5.78. The molecule has 0 saturated heterocycles. The van der Waals surface area contributed by atoms with E-state index in [1.807, 2.05) is 12.4 Å². The Labute approximate surface area is 110 Å². The summed E-state index contributed by atoms with van der Waals surface area (Å²) in [7, 11) is 0. The van der Waals surface area contributed by atoms with Gasteiger partial charge in [0.05, 0.1) is 0 Å². The molecule has 1 fully saturated rings. The Morgan fingerprint density at radius 3 is 2.83 bits per heavy atom. The summed E-state index contributed by atoms with van der Waals surface area (Å²) in [6.45, 7) is 2.18. The molecule has 1 saturated carbocycles. The molecule has 3 N–H and O–H groups in total. The molecule has 3 heteroatoms. The molecule has 1 atom stereocenters. The highest BCUT2D eigenvalue weighted by Gasteiger charge is 2.20. The molecule has 0 aromatic carbocycles. The summed E-state index contributed by atoms with van der Waals surface area (Å²) < 4.78 is 0. The molecule has 2 rings (SSSR count). The van der Waals surface area contributed by atoms with Gasteiger partial charge in [-0.25, -0.2) is 0 Å². The lowest BCUT2D eigenvalue weighted by Crippen LogP contribution is -2.31. The van der Waals surface area contributed by atoms with Crippen LogP contribution in [0.4, 0.5) is 0 Å². The van der Waals surface area contributed by atoms with Crippen LogP contribution in [0.2, 0.25) is 0 Å². The minimum Gasteiger partial charge on any atom is -0.271 e. The monoisotopic (exact) mass is 247 g/mol. The molecular weight excluding hydrogens is 222 g/mol. The van der Waals surface area contributed by atoms with Crippen LogP contribution in [0.15, 0.2) is 18.5 Å². The smallest absolute Gasteiger partial charge is 0.0466 e. The lowest BCUT2D eigenvalue weighted by Gasteiger charge is -2.27. The molecule has 0 radical (unpaired) electrons. The minimum absolute atomic E-state index is 0.283.